The van der Waals surface area contributed by atoms with Gasteiger partial charge in [0.15, 0.2) is 0 Å². The number of rotatable bonds is 4. The van der Waals surface area contributed by atoms with Gasteiger partial charge in [0.1, 0.15) is 11.6 Å². The minimum atomic E-state index is 0.0407. The van der Waals surface area contributed by atoms with Gasteiger partial charge in [0.25, 0.3) is 5.56 Å². The second kappa shape index (κ2) is 6.68. The molecule has 2 aromatic heterocycles. The monoisotopic (exact) mass is 369 g/mol. The molecule has 0 bridgehead atoms. The van der Waals surface area contributed by atoms with Crippen LogP contribution in [0.15, 0.2) is 23.1 Å². The van der Waals surface area contributed by atoms with Crippen molar-refractivity contribution >= 4 is 17.6 Å². The predicted octanol–water partition coefficient (Wildman–Crippen LogP) is 2.23. The van der Waals surface area contributed by atoms with Gasteiger partial charge in [-0.15, -0.1) is 0 Å². The van der Waals surface area contributed by atoms with Crippen molar-refractivity contribution in [1.82, 2.24) is 19.7 Å². The van der Waals surface area contributed by atoms with E-state index < -0.39 is 0 Å². The van der Waals surface area contributed by atoms with Crippen LogP contribution < -0.4 is 10.5 Å². The summed E-state index contributed by atoms with van der Waals surface area (Å²) in [5.74, 6) is 5.07. The summed E-state index contributed by atoms with van der Waals surface area (Å²) in [6, 6.07) is 3.79. The first-order valence-corrected chi connectivity index (χ1v) is 10.7. The van der Waals surface area contributed by atoms with Crippen LogP contribution in [0, 0.1) is 5.92 Å². The first-order valence-electron chi connectivity index (χ1n) is 9.52. The van der Waals surface area contributed by atoms with Crippen molar-refractivity contribution in [3.63, 3.8) is 0 Å². The van der Waals surface area contributed by atoms with E-state index in [9.17, 15) is 4.79 Å². The van der Waals surface area contributed by atoms with E-state index in [2.05, 4.69) is 15.0 Å². The molecule has 26 heavy (non-hydrogen) atoms. The molecule has 4 heterocycles. The zero-order chi connectivity index (χ0) is 17.5. The van der Waals surface area contributed by atoms with Gasteiger partial charge in [-0.05, 0) is 30.2 Å². The lowest BCUT2D eigenvalue weighted by atomic mass is 9.85. The van der Waals surface area contributed by atoms with E-state index in [1.807, 2.05) is 24.0 Å². The van der Waals surface area contributed by atoms with Crippen molar-refractivity contribution in [2.24, 2.45) is 5.92 Å². The summed E-state index contributed by atoms with van der Waals surface area (Å²) in [4.78, 5) is 23.8. The van der Waals surface area contributed by atoms with Crippen molar-refractivity contribution in [3.8, 4) is 0 Å². The van der Waals surface area contributed by atoms with Crippen molar-refractivity contribution in [3.05, 3.63) is 45.8 Å². The first kappa shape index (κ1) is 16.3. The van der Waals surface area contributed by atoms with Crippen molar-refractivity contribution in [2.75, 3.05) is 23.7 Å². The molecule has 2 aliphatic heterocycles. The third-order valence-corrected chi connectivity index (χ3v) is 6.76. The summed E-state index contributed by atoms with van der Waals surface area (Å²) in [7, 11) is 0. The molecule has 2 fully saturated rings. The van der Waals surface area contributed by atoms with Gasteiger partial charge in [-0.3, -0.25) is 4.79 Å². The molecule has 0 radical (unpaired) electrons. The number of aromatic nitrogens is 4. The molecule has 6 nitrogen and oxygen atoms in total. The van der Waals surface area contributed by atoms with Crippen molar-refractivity contribution < 1.29 is 0 Å². The number of hydrogen-bond donors (Lipinski definition) is 0. The third kappa shape index (κ3) is 3.02. The Balaban J connectivity index is 1.24. The van der Waals surface area contributed by atoms with Crippen LogP contribution in [-0.4, -0.2) is 38.6 Å². The van der Waals surface area contributed by atoms with Crippen molar-refractivity contribution in [2.45, 2.75) is 43.9 Å². The lowest BCUT2D eigenvalue weighted by Gasteiger charge is -2.40. The van der Waals surface area contributed by atoms with Gasteiger partial charge in [-0.25, -0.2) is 14.6 Å². The fourth-order valence-corrected chi connectivity index (χ4v) is 4.86. The third-order valence-electron chi connectivity index (χ3n) is 5.75. The summed E-state index contributed by atoms with van der Waals surface area (Å²) in [6.07, 6.45) is 6.60. The Morgan fingerprint density at radius 2 is 2.15 bits per heavy atom. The van der Waals surface area contributed by atoms with Crippen LogP contribution >= 0.6 is 11.8 Å². The lowest BCUT2D eigenvalue weighted by molar-refractivity contribution is 0.329. The molecule has 2 aromatic rings. The van der Waals surface area contributed by atoms with Crippen molar-refractivity contribution in [1.29, 1.82) is 0 Å². The molecule has 7 heteroatoms. The van der Waals surface area contributed by atoms with E-state index in [0.29, 0.717) is 18.4 Å². The number of aryl methyl sites for hydroxylation is 1. The average molecular weight is 369 g/mol. The van der Waals surface area contributed by atoms with Crippen LogP contribution in [0.25, 0.3) is 0 Å². The minimum Gasteiger partial charge on any atom is -0.356 e. The number of fused-ring (bicyclic) bond motifs is 1. The highest BCUT2D eigenvalue weighted by Gasteiger charge is 2.30. The van der Waals surface area contributed by atoms with E-state index in [1.165, 1.54) is 19.3 Å². The smallest absolute Gasteiger partial charge is 0.267 e. The fraction of sp³-hybridized carbons (Fsp3) is 0.579. The Kier molecular flexibility index (Phi) is 4.19. The fourth-order valence-electron chi connectivity index (χ4n) is 3.90. The number of hydrogen-bond acceptors (Lipinski definition) is 6. The molecule has 5 rings (SSSR count). The molecular weight excluding hydrogens is 346 g/mol. The zero-order valence-corrected chi connectivity index (χ0v) is 15.6. The Hall–Kier alpha value is -1.89. The maximum absolute atomic E-state index is 12.3. The second-order valence-corrected chi connectivity index (χ2v) is 8.72. The maximum atomic E-state index is 12.3. The minimum absolute atomic E-state index is 0.0407. The molecule has 136 valence electrons. The summed E-state index contributed by atoms with van der Waals surface area (Å²) < 4.78 is 1.68. The molecule has 0 atom stereocenters. The Bertz CT molecular complexity index is 872. The molecule has 0 N–H and O–H groups in total. The standard InChI is InChI=1S/C19H23N5OS/c25-18-8-15-12-26-7-5-16(15)22-24(18)11-13-9-23(10-13)17-4-6-20-19(21-17)14-2-1-3-14/h4,6,8,13-14H,1-3,5,7,9-12H2. The van der Waals surface area contributed by atoms with Crippen LogP contribution in [0.2, 0.25) is 0 Å². The van der Waals surface area contributed by atoms with Gasteiger partial charge >= 0.3 is 0 Å². The Morgan fingerprint density at radius 3 is 2.96 bits per heavy atom. The van der Waals surface area contributed by atoms with E-state index >= 15 is 0 Å². The molecule has 1 saturated carbocycles. The highest BCUT2D eigenvalue weighted by atomic mass is 32.2. The van der Waals surface area contributed by atoms with Crippen LogP contribution in [0.4, 0.5) is 5.82 Å². The Labute approximate surface area is 157 Å². The van der Waals surface area contributed by atoms with Crippen LogP contribution in [0.5, 0.6) is 0 Å². The van der Waals surface area contributed by atoms with E-state index in [0.717, 1.165) is 53.9 Å². The van der Waals surface area contributed by atoms with Gasteiger partial charge in [0.05, 0.1) is 12.2 Å². The number of anilines is 1. The summed E-state index contributed by atoms with van der Waals surface area (Å²) in [5, 5.41) is 4.64. The normalized spacial score (nSPS) is 20.4. The SMILES string of the molecule is O=c1cc2c(nn1CC1CN(c3ccnc(C4CCC4)n3)C1)CCSC2. The zero-order valence-electron chi connectivity index (χ0n) is 14.8. The molecule has 1 saturated heterocycles. The lowest BCUT2D eigenvalue weighted by Crippen LogP contribution is -2.50. The molecule has 0 amide bonds. The van der Waals surface area contributed by atoms with Crippen LogP contribution in [0.3, 0.4) is 0 Å². The molecular formula is C19H23N5OS. The molecule has 3 aliphatic rings. The predicted molar refractivity (Wildman–Crippen MR) is 103 cm³/mol. The maximum Gasteiger partial charge on any atom is 0.267 e. The largest absolute Gasteiger partial charge is 0.356 e. The first-order chi connectivity index (χ1) is 12.8. The van der Waals surface area contributed by atoms with Gasteiger partial charge < -0.3 is 4.90 Å². The molecule has 0 unspecified atom stereocenters. The molecule has 0 spiro atoms. The highest BCUT2D eigenvalue weighted by Crippen LogP contribution is 2.35. The van der Waals surface area contributed by atoms with E-state index in [1.54, 1.807) is 10.7 Å². The molecule has 1 aliphatic carbocycles. The Morgan fingerprint density at radius 1 is 1.27 bits per heavy atom. The number of nitrogens with zero attached hydrogens (tertiary/aromatic N) is 5. The van der Waals surface area contributed by atoms with E-state index in [4.69, 9.17) is 4.98 Å². The summed E-state index contributed by atoms with van der Waals surface area (Å²) >= 11 is 1.88. The topological polar surface area (TPSA) is 63.9 Å². The van der Waals surface area contributed by atoms with Gasteiger partial charge in [0.2, 0.25) is 0 Å². The highest BCUT2D eigenvalue weighted by molar-refractivity contribution is 7.98. The van der Waals surface area contributed by atoms with Gasteiger partial charge in [-0.2, -0.15) is 16.9 Å². The second-order valence-electron chi connectivity index (χ2n) is 7.61. The quantitative estimate of drug-likeness (QED) is 0.823. The van der Waals surface area contributed by atoms with Crippen LogP contribution in [-0.2, 0) is 18.7 Å². The summed E-state index contributed by atoms with van der Waals surface area (Å²) in [6.45, 7) is 2.57. The van der Waals surface area contributed by atoms with Crippen LogP contribution in [0.1, 0.15) is 42.3 Å². The molecule has 0 aromatic carbocycles. The summed E-state index contributed by atoms with van der Waals surface area (Å²) in [5.41, 5.74) is 2.28. The average Bonchev–Trinajstić information content (AvgIpc) is 2.56. The van der Waals surface area contributed by atoms with Gasteiger partial charge in [0, 0.05) is 49.4 Å². The van der Waals surface area contributed by atoms with E-state index in [-0.39, 0.29) is 5.56 Å². The number of thioether (sulfide) groups is 1. The van der Waals surface area contributed by atoms with Gasteiger partial charge in [-0.1, -0.05) is 6.42 Å².